The van der Waals surface area contributed by atoms with Gasteiger partial charge in [0, 0.05) is 23.3 Å². The van der Waals surface area contributed by atoms with Crippen molar-refractivity contribution in [1.82, 2.24) is 0 Å². The van der Waals surface area contributed by atoms with Gasteiger partial charge in [-0.05, 0) is 47.0 Å². The van der Waals surface area contributed by atoms with E-state index in [-0.39, 0.29) is 12.2 Å². The van der Waals surface area contributed by atoms with E-state index in [1.165, 1.54) is 0 Å². The van der Waals surface area contributed by atoms with Gasteiger partial charge in [-0.3, -0.25) is 0 Å². The maximum Gasteiger partial charge on any atom is 0.335 e. The van der Waals surface area contributed by atoms with Gasteiger partial charge in [-0.25, -0.2) is 4.79 Å². The molecule has 88 valence electrons. The zero-order valence-electron chi connectivity index (χ0n) is 8.74. The van der Waals surface area contributed by atoms with Crippen molar-refractivity contribution in [3.8, 4) is 0 Å². The number of halogens is 1. The summed E-state index contributed by atoms with van der Waals surface area (Å²) in [4.78, 5) is 10.7. The predicted molar refractivity (Wildman–Crippen MR) is 65.9 cm³/mol. The number of carbonyl (C=O) groups is 1. The number of carboxylic acids is 1. The molecule has 3 N–H and O–H groups in total. The van der Waals surface area contributed by atoms with E-state index in [9.17, 15) is 4.79 Å². The monoisotopic (exact) mass is 287 g/mol. The number of nitrogens with one attached hydrogen (secondary N) is 1. The van der Waals surface area contributed by atoms with Gasteiger partial charge in [0.2, 0.25) is 0 Å². The summed E-state index contributed by atoms with van der Waals surface area (Å²) in [5, 5.41) is 20.6. The highest BCUT2D eigenvalue weighted by molar-refractivity contribution is 9.10. The van der Waals surface area contributed by atoms with Crippen molar-refractivity contribution in [1.29, 1.82) is 0 Å². The van der Waals surface area contributed by atoms with E-state index in [1.807, 2.05) is 0 Å². The summed E-state index contributed by atoms with van der Waals surface area (Å²) in [5.74, 6) is -0.937. The molecule has 0 spiro atoms. The van der Waals surface area contributed by atoms with Crippen LogP contribution in [0.3, 0.4) is 0 Å². The molecule has 0 amide bonds. The molecule has 16 heavy (non-hydrogen) atoms. The fourth-order valence-corrected chi connectivity index (χ4v) is 1.77. The summed E-state index contributed by atoms with van der Waals surface area (Å²) in [6.07, 6.45) is 1.64. The first-order chi connectivity index (χ1) is 7.65. The van der Waals surface area contributed by atoms with Gasteiger partial charge in [-0.2, -0.15) is 0 Å². The third-order valence-corrected chi connectivity index (χ3v) is 2.77. The Morgan fingerprint density at radius 1 is 1.38 bits per heavy atom. The number of hydrogen-bond acceptors (Lipinski definition) is 3. The van der Waals surface area contributed by atoms with Gasteiger partial charge < -0.3 is 15.5 Å². The van der Waals surface area contributed by atoms with E-state index >= 15 is 0 Å². The minimum atomic E-state index is -0.937. The van der Waals surface area contributed by atoms with Crippen molar-refractivity contribution < 1.29 is 15.0 Å². The number of aliphatic hydroxyl groups is 1. The number of aliphatic hydroxyl groups excluding tert-OH is 1. The van der Waals surface area contributed by atoms with E-state index in [1.54, 1.807) is 18.2 Å². The normalized spacial score (nSPS) is 10.1. The minimum absolute atomic E-state index is 0.195. The van der Waals surface area contributed by atoms with Gasteiger partial charge in [0.15, 0.2) is 0 Å². The third kappa shape index (κ3) is 3.83. The van der Waals surface area contributed by atoms with Crippen molar-refractivity contribution in [2.45, 2.75) is 12.8 Å². The first-order valence-corrected chi connectivity index (χ1v) is 5.82. The molecule has 0 heterocycles. The summed E-state index contributed by atoms with van der Waals surface area (Å²) in [6, 6.07) is 4.85. The second-order valence-corrected chi connectivity index (χ2v) is 4.21. The fraction of sp³-hybridized carbons (Fsp3) is 0.364. The molecular weight excluding hydrogens is 274 g/mol. The molecule has 1 rings (SSSR count). The topological polar surface area (TPSA) is 69.6 Å². The van der Waals surface area contributed by atoms with Crippen LogP contribution in [0.4, 0.5) is 5.69 Å². The molecule has 0 bridgehead atoms. The van der Waals surface area contributed by atoms with Crippen LogP contribution >= 0.6 is 15.9 Å². The standard InChI is InChI=1S/C11H14BrNO3/c12-9-7-8(11(15)16)3-4-10(9)13-5-1-2-6-14/h3-4,7,13-14H,1-2,5-6H2,(H,15,16). The molecule has 0 aromatic heterocycles. The maximum absolute atomic E-state index is 10.7. The summed E-state index contributed by atoms with van der Waals surface area (Å²) in [5.41, 5.74) is 1.12. The average molecular weight is 288 g/mol. The Hall–Kier alpha value is -1.07. The van der Waals surface area contributed by atoms with Gasteiger partial charge >= 0.3 is 5.97 Å². The average Bonchev–Trinajstić information content (AvgIpc) is 2.26. The Kier molecular flexibility index (Phi) is 5.28. The van der Waals surface area contributed by atoms with E-state index in [0.29, 0.717) is 0 Å². The maximum atomic E-state index is 10.7. The van der Waals surface area contributed by atoms with E-state index < -0.39 is 5.97 Å². The molecule has 0 saturated carbocycles. The van der Waals surface area contributed by atoms with Crippen LogP contribution in [0.25, 0.3) is 0 Å². The van der Waals surface area contributed by atoms with Crippen LogP contribution in [0.2, 0.25) is 0 Å². The van der Waals surface area contributed by atoms with E-state index in [4.69, 9.17) is 10.2 Å². The number of unbranched alkanes of at least 4 members (excludes halogenated alkanes) is 1. The molecular formula is C11H14BrNO3. The minimum Gasteiger partial charge on any atom is -0.478 e. The molecule has 5 heteroatoms. The number of aromatic carboxylic acids is 1. The highest BCUT2D eigenvalue weighted by Gasteiger charge is 2.05. The SMILES string of the molecule is O=C(O)c1ccc(NCCCCO)c(Br)c1. The lowest BCUT2D eigenvalue weighted by molar-refractivity contribution is 0.0697. The number of rotatable bonds is 6. The van der Waals surface area contributed by atoms with Crippen molar-refractivity contribution in [3.05, 3.63) is 28.2 Å². The molecule has 0 saturated heterocycles. The zero-order chi connectivity index (χ0) is 12.0. The summed E-state index contributed by atoms with van der Waals surface area (Å²) in [7, 11) is 0. The molecule has 0 atom stereocenters. The predicted octanol–water partition coefficient (Wildman–Crippen LogP) is 2.33. The van der Waals surface area contributed by atoms with Crippen molar-refractivity contribution in [2.75, 3.05) is 18.5 Å². The van der Waals surface area contributed by atoms with Gasteiger partial charge in [-0.15, -0.1) is 0 Å². The van der Waals surface area contributed by atoms with Gasteiger partial charge in [0.05, 0.1) is 5.56 Å². The van der Waals surface area contributed by atoms with Crippen LogP contribution in [0.5, 0.6) is 0 Å². The van der Waals surface area contributed by atoms with Crippen LogP contribution in [-0.2, 0) is 0 Å². The van der Waals surface area contributed by atoms with Gasteiger partial charge in [0.25, 0.3) is 0 Å². The highest BCUT2D eigenvalue weighted by Crippen LogP contribution is 2.23. The zero-order valence-corrected chi connectivity index (χ0v) is 10.3. The number of carboxylic acid groups (broad SMARTS) is 1. The molecule has 0 aliphatic rings. The lowest BCUT2D eigenvalue weighted by Gasteiger charge is -2.08. The lowest BCUT2D eigenvalue weighted by Crippen LogP contribution is -2.04. The highest BCUT2D eigenvalue weighted by atomic mass is 79.9. The second kappa shape index (κ2) is 6.50. The first-order valence-electron chi connectivity index (χ1n) is 5.02. The Labute approximate surface area is 102 Å². The summed E-state index contributed by atoms with van der Waals surface area (Å²) < 4.78 is 0.733. The largest absolute Gasteiger partial charge is 0.478 e. The first kappa shape index (κ1) is 13.0. The summed E-state index contributed by atoms with van der Waals surface area (Å²) in [6.45, 7) is 0.951. The Balaban J connectivity index is 2.57. The number of anilines is 1. The summed E-state index contributed by atoms with van der Waals surface area (Å²) >= 11 is 3.31. The Bertz CT molecular complexity index is 368. The lowest BCUT2D eigenvalue weighted by atomic mass is 10.2. The van der Waals surface area contributed by atoms with Crippen molar-refractivity contribution >= 4 is 27.6 Å². The van der Waals surface area contributed by atoms with Crippen LogP contribution in [0.1, 0.15) is 23.2 Å². The quantitative estimate of drug-likeness (QED) is 0.703. The van der Waals surface area contributed by atoms with Crippen LogP contribution < -0.4 is 5.32 Å². The van der Waals surface area contributed by atoms with E-state index in [2.05, 4.69) is 21.2 Å². The van der Waals surface area contributed by atoms with E-state index in [0.717, 1.165) is 29.5 Å². The molecule has 0 aliphatic carbocycles. The number of benzene rings is 1. The fourth-order valence-electron chi connectivity index (χ4n) is 1.25. The van der Waals surface area contributed by atoms with Gasteiger partial charge in [-0.1, -0.05) is 0 Å². The Morgan fingerprint density at radius 2 is 2.12 bits per heavy atom. The third-order valence-electron chi connectivity index (χ3n) is 2.12. The number of hydrogen-bond donors (Lipinski definition) is 3. The smallest absolute Gasteiger partial charge is 0.335 e. The van der Waals surface area contributed by atoms with Crippen LogP contribution in [0, 0.1) is 0 Å². The molecule has 0 fully saturated rings. The molecule has 4 nitrogen and oxygen atoms in total. The van der Waals surface area contributed by atoms with Gasteiger partial charge in [0.1, 0.15) is 0 Å². The molecule has 0 radical (unpaired) electrons. The molecule has 1 aromatic carbocycles. The Morgan fingerprint density at radius 3 is 2.69 bits per heavy atom. The molecule has 0 unspecified atom stereocenters. The van der Waals surface area contributed by atoms with Crippen molar-refractivity contribution in [3.63, 3.8) is 0 Å². The van der Waals surface area contributed by atoms with Crippen LogP contribution in [0.15, 0.2) is 22.7 Å². The van der Waals surface area contributed by atoms with Crippen molar-refractivity contribution in [2.24, 2.45) is 0 Å². The van der Waals surface area contributed by atoms with Crippen LogP contribution in [-0.4, -0.2) is 29.3 Å². The molecule has 1 aromatic rings. The molecule has 0 aliphatic heterocycles. The second-order valence-electron chi connectivity index (χ2n) is 3.36.